The second-order valence-corrected chi connectivity index (χ2v) is 5.48. The van der Waals surface area contributed by atoms with Crippen molar-refractivity contribution < 1.29 is 13.6 Å². The highest BCUT2D eigenvalue weighted by atomic mass is 35.5. The Morgan fingerprint density at radius 1 is 1.39 bits per heavy atom. The van der Waals surface area contributed by atoms with Crippen LogP contribution in [0.15, 0.2) is 12.1 Å². The van der Waals surface area contributed by atoms with Gasteiger partial charge in [0.15, 0.2) is 5.82 Å². The normalized spacial score (nSPS) is 13.3. The summed E-state index contributed by atoms with van der Waals surface area (Å²) in [5.41, 5.74) is 4.98. The number of nitrogens with two attached hydrogens (primary N) is 1. The van der Waals surface area contributed by atoms with Crippen molar-refractivity contribution in [3.8, 4) is 0 Å². The Balaban J connectivity index is 2.96. The van der Waals surface area contributed by atoms with Gasteiger partial charge >= 0.3 is 0 Å². The molecule has 0 heterocycles. The van der Waals surface area contributed by atoms with Crippen molar-refractivity contribution in [2.75, 3.05) is 5.32 Å². The van der Waals surface area contributed by atoms with Crippen LogP contribution in [-0.2, 0) is 4.79 Å². The molecular weight excluding hydrogens is 262 g/mol. The van der Waals surface area contributed by atoms with Crippen molar-refractivity contribution in [3.05, 3.63) is 28.8 Å². The van der Waals surface area contributed by atoms with E-state index in [0.29, 0.717) is 6.07 Å². The van der Waals surface area contributed by atoms with E-state index < -0.39 is 29.0 Å². The molecule has 3 N–H and O–H groups in total. The summed E-state index contributed by atoms with van der Waals surface area (Å²) < 4.78 is 26.3. The first kappa shape index (κ1) is 14.9. The van der Waals surface area contributed by atoms with E-state index in [9.17, 15) is 13.6 Å². The van der Waals surface area contributed by atoms with Crippen molar-refractivity contribution in [2.45, 2.75) is 26.8 Å². The zero-order chi connectivity index (χ0) is 14.1. The number of carbonyl (C=O) groups excluding carboxylic acids is 1. The topological polar surface area (TPSA) is 55.1 Å². The molecule has 1 rings (SSSR count). The van der Waals surface area contributed by atoms with Crippen LogP contribution in [-0.4, -0.2) is 11.9 Å². The standard InChI is InChI=1S/C12H15ClF2N2O/c1-12(2,3)10(16)11(18)17-9-7(13)4-6(14)5-8(9)15/h4-5,10H,16H2,1-3H3,(H,17,18)/t10-/m1/s1. The van der Waals surface area contributed by atoms with Crippen molar-refractivity contribution >= 4 is 23.2 Å². The summed E-state index contributed by atoms with van der Waals surface area (Å²) in [6, 6.07) is 0.727. The summed E-state index contributed by atoms with van der Waals surface area (Å²) in [7, 11) is 0. The van der Waals surface area contributed by atoms with Gasteiger partial charge in [0.05, 0.1) is 16.8 Å². The van der Waals surface area contributed by atoms with Crippen LogP contribution in [0.25, 0.3) is 0 Å². The molecule has 0 bridgehead atoms. The van der Waals surface area contributed by atoms with Crippen LogP contribution in [0.5, 0.6) is 0 Å². The fourth-order valence-electron chi connectivity index (χ4n) is 1.26. The molecule has 0 aliphatic heterocycles. The molecule has 1 amide bonds. The van der Waals surface area contributed by atoms with E-state index in [4.69, 9.17) is 17.3 Å². The smallest absolute Gasteiger partial charge is 0.241 e. The molecule has 100 valence electrons. The Bertz CT molecular complexity index is 449. The van der Waals surface area contributed by atoms with E-state index >= 15 is 0 Å². The molecule has 1 aromatic carbocycles. The van der Waals surface area contributed by atoms with Crippen molar-refractivity contribution in [2.24, 2.45) is 11.1 Å². The first-order valence-corrected chi connectivity index (χ1v) is 5.71. The molecule has 0 saturated carbocycles. The Morgan fingerprint density at radius 2 is 1.94 bits per heavy atom. The van der Waals surface area contributed by atoms with Gasteiger partial charge in [0.2, 0.25) is 5.91 Å². The molecule has 0 aromatic heterocycles. The van der Waals surface area contributed by atoms with Gasteiger partial charge in [-0.1, -0.05) is 32.4 Å². The largest absolute Gasteiger partial charge is 0.321 e. The molecule has 1 aromatic rings. The summed E-state index contributed by atoms with van der Waals surface area (Å²) in [6.45, 7) is 5.33. The summed E-state index contributed by atoms with van der Waals surface area (Å²) in [6.07, 6.45) is 0. The van der Waals surface area contributed by atoms with E-state index in [1.807, 2.05) is 0 Å². The molecule has 0 aliphatic rings. The average molecular weight is 277 g/mol. The maximum Gasteiger partial charge on any atom is 0.241 e. The number of halogens is 3. The number of benzene rings is 1. The minimum absolute atomic E-state index is 0.207. The summed E-state index contributed by atoms with van der Waals surface area (Å²) in [5.74, 6) is -2.32. The predicted molar refractivity (Wildman–Crippen MR) is 67.4 cm³/mol. The zero-order valence-corrected chi connectivity index (χ0v) is 11.1. The van der Waals surface area contributed by atoms with E-state index in [0.717, 1.165) is 6.07 Å². The SMILES string of the molecule is CC(C)(C)[C@H](N)C(=O)Nc1c(F)cc(F)cc1Cl. The van der Waals surface area contributed by atoms with Crippen LogP contribution < -0.4 is 11.1 Å². The maximum atomic E-state index is 13.5. The predicted octanol–water partition coefficient (Wildman–Crippen LogP) is 2.93. The van der Waals surface area contributed by atoms with E-state index in [2.05, 4.69) is 5.32 Å². The van der Waals surface area contributed by atoms with Gasteiger partial charge in [-0.05, 0) is 11.5 Å². The number of nitrogens with one attached hydrogen (secondary N) is 1. The molecule has 0 radical (unpaired) electrons. The first-order chi connectivity index (χ1) is 8.12. The van der Waals surface area contributed by atoms with Crippen LogP contribution in [0, 0.1) is 17.0 Å². The molecule has 0 aliphatic carbocycles. The Kier molecular flexibility index (Phi) is 4.29. The Labute approximate surface area is 109 Å². The number of carbonyl (C=O) groups is 1. The lowest BCUT2D eigenvalue weighted by molar-refractivity contribution is -0.119. The van der Waals surface area contributed by atoms with Gasteiger partial charge in [-0.25, -0.2) is 8.78 Å². The van der Waals surface area contributed by atoms with Crippen molar-refractivity contribution in [3.63, 3.8) is 0 Å². The number of rotatable bonds is 2. The summed E-state index contributed by atoms with van der Waals surface area (Å²) >= 11 is 5.66. The molecule has 0 fully saturated rings. The van der Waals surface area contributed by atoms with Crippen molar-refractivity contribution in [1.29, 1.82) is 0 Å². The first-order valence-electron chi connectivity index (χ1n) is 5.34. The molecule has 0 unspecified atom stereocenters. The lowest BCUT2D eigenvalue weighted by Crippen LogP contribution is -2.45. The number of hydrogen-bond donors (Lipinski definition) is 2. The van der Waals surface area contributed by atoms with Crippen LogP contribution in [0.1, 0.15) is 20.8 Å². The Hall–Kier alpha value is -1.20. The third-order valence-corrected chi connectivity index (χ3v) is 2.77. The molecule has 3 nitrogen and oxygen atoms in total. The maximum absolute atomic E-state index is 13.5. The van der Waals surface area contributed by atoms with Gasteiger partial charge in [-0.3, -0.25) is 4.79 Å². The highest BCUT2D eigenvalue weighted by Crippen LogP contribution is 2.27. The third-order valence-electron chi connectivity index (χ3n) is 2.47. The molecule has 1 atom stereocenters. The fraction of sp³-hybridized carbons (Fsp3) is 0.417. The molecule has 0 spiro atoms. The van der Waals surface area contributed by atoms with E-state index in [1.54, 1.807) is 20.8 Å². The van der Waals surface area contributed by atoms with Crippen molar-refractivity contribution in [1.82, 2.24) is 0 Å². The third kappa shape index (κ3) is 3.40. The fourth-order valence-corrected chi connectivity index (χ4v) is 1.50. The lowest BCUT2D eigenvalue weighted by Gasteiger charge is -2.26. The minimum atomic E-state index is -0.936. The highest BCUT2D eigenvalue weighted by molar-refractivity contribution is 6.33. The molecular formula is C12H15ClF2N2O. The second kappa shape index (κ2) is 5.20. The second-order valence-electron chi connectivity index (χ2n) is 5.08. The zero-order valence-electron chi connectivity index (χ0n) is 10.4. The minimum Gasteiger partial charge on any atom is -0.321 e. The van der Waals surface area contributed by atoms with Gasteiger partial charge < -0.3 is 11.1 Å². The van der Waals surface area contributed by atoms with Gasteiger partial charge in [-0.15, -0.1) is 0 Å². The number of amides is 1. The van der Waals surface area contributed by atoms with Gasteiger partial charge in [-0.2, -0.15) is 0 Å². The highest BCUT2D eigenvalue weighted by Gasteiger charge is 2.28. The van der Waals surface area contributed by atoms with Gasteiger partial charge in [0.1, 0.15) is 5.82 Å². The van der Waals surface area contributed by atoms with E-state index in [1.165, 1.54) is 0 Å². The molecule has 0 saturated heterocycles. The molecule has 6 heteroatoms. The van der Waals surface area contributed by atoms with Crippen LogP contribution in [0.3, 0.4) is 0 Å². The van der Waals surface area contributed by atoms with Crippen LogP contribution >= 0.6 is 11.6 Å². The van der Waals surface area contributed by atoms with E-state index in [-0.39, 0.29) is 10.7 Å². The lowest BCUT2D eigenvalue weighted by atomic mass is 9.87. The Morgan fingerprint density at radius 3 is 2.39 bits per heavy atom. The van der Waals surface area contributed by atoms with Crippen LogP contribution in [0.4, 0.5) is 14.5 Å². The quantitative estimate of drug-likeness (QED) is 0.873. The number of hydrogen-bond acceptors (Lipinski definition) is 2. The molecule has 18 heavy (non-hydrogen) atoms. The van der Waals surface area contributed by atoms with Gasteiger partial charge in [0.25, 0.3) is 0 Å². The van der Waals surface area contributed by atoms with Gasteiger partial charge in [0, 0.05) is 6.07 Å². The average Bonchev–Trinajstić information content (AvgIpc) is 2.20. The monoisotopic (exact) mass is 276 g/mol. The van der Waals surface area contributed by atoms with Crippen LogP contribution in [0.2, 0.25) is 5.02 Å². The summed E-state index contributed by atoms with van der Waals surface area (Å²) in [4.78, 5) is 11.8. The summed E-state index contributed by atoms with van der Waals surface area (Å²) in [5, 5.41) is 2.07. The number of anilines is 1.